The first-order valence-electron chi connectivity index (χ1n) is 5.58. The zero-order valence-electron chi connectivity index (χ0n) is 9.72. The Hall–Kier alpha value is -1.61. The molecule has 0 saturated carbocycles. The van der Waals surface area contributed by atoms with Gasteiger partial charge in [-0.25, -0.2) is 4.68 Å². The van der Waals surface area contributed by atoms with Crippen LogP contribution in [0.15, 0.2) is 36.7 Å². The molecule has 84 valence electrons. The minimum absolute atomic E-state index is 0.0701. The first-order chi connectivity index (χ1) is 7.72. The van der Waals surface area contributed by atoms with Gasteiger partial charge in [-0.05, 0) is 30.5 Å². The first kappa shape index (κ1) is 10.9. The zero-order valence-corrected chi connectivity index (χ0v) is 9.72. The monoisotopic (exact) mass is 215 g/mol. The summed E-state index contributed by atoms with van der Waals surface area (Å²) in [7, 11) is 0. The number of hydrogen-bond acceptors (Lipinski definition) is 2. The van der Waals surface area contributed by atoms with Gasteiger partial charge < -0.3 is 5.73 Å². The molecule has 0 unspecified atom stereocenters. The van der Waals surface area contributed by atoms with E-state index >= 15 is 0 Å². The Bertz CT molecular complexity index is 474. The Morgan fingerprint density at radius 1 is 1.38 bits per heavy atom. The molecular formula is C13H17N3. The molecule has 1 aromatic heterocycles. The van der Waals surface area contributed by atoms with Gasteiger partial charge in [0, 0.05) is 12.2 Å². The largest absolute Gasteiger partial charge is 0.324 e. The third kappa shape index (κ3) is 1.99. The van der Waals surface area contributed by atoms with Gasteiger partial charge in [-0.1, -0.05) is 25.1 Å². The van der Waals surface area contributed by atoms with Crippen LogP contribution in [0.4, 0.5) is 0 Å². The third-order valence-corrected chi connectivity index (χ3v) is 2.73. The minimum Gasteiger partial charge on any atom is -0.324 e. The molecule has 0 bridgehead atoms. The number of benzene rings is 1. The van der Waals surface area contributed by atoms with E-state index in [-0.39, 0.29) is 6.04 Å². The summed E-state index contributed by atoms with van der Waals surface area (Å²) in [6.45, 7) is 4.13. The fraction of sp³-hybridized carbons (Fsp3) is 0.308. The Labute approximate surface area is 95.9 Å². The van der Waals surface area contributed by atoms with Crippen LogP contribution in [0.25, 0.3) is 5.69 Å². The van der Waals surface area contributed by atoms with Gasteiger partial charge >= 0.3 is 0 Å². The van der Waals surface area contributed by atoms with Crippen LogP contribution in [0.2, 0.25) is 0 Å². The fourth-order valence-electron chi connectivity index (χ4n) is 1.77. The quantitative estimate of drug-likeness (QED) is 0.855. The van der Waals surface area contributed by atoms with Crippen molar-refractivity contribution in [3.8, 4) is 5.69 Å². The third-order valence-electron chi connectivity index (χ3n) is 2.73. The molecule has 1 heterocycles. The lowest BCUT2D eigenvalue weighted by molar-refractivity contribution is 0.686. The van der Waals surface area contributed by atoms with Gasteiger partial charge in [0.1, 0.15) is 0 Å². The van der Waals surface area contributed by atoms with Crippen molar-refractivity contribution in [2.24, 2.45) is 5.73 Å². The molecule has 0 spiro atoms. The highest BCUT2D eigenvalue weighted by Crippen LogP contribution is 2.21. The molecular weight excluding hydrogens is 198 g/mol. The average molecular weight is 215 g/mol. The molecule has 2 N–H and O–H groups in total. The molecule has 0 aliphatic carbocycles. The summed E-state index contributed by atoms with van der Waals surface area (Å²) in [4.78, 5) is 0. The van der Waals surface area contributed by atoms with E-state index in [9.17, 15) is 0 Å². The van der Waals surface area contributed by atoms with E-state index in [1.165, 1.54) is 0 Å². The summed E-state index contributed by atoms with van der Waals surface area (Å²) >= 11 is 0. The van der Waals surface area contributed by atoms with Gasteiger partial charge in [0.05, 0.1) is 11.9 Å². The van der Waals surface area contributed by atoms with E-state index in [0.717, 1.165) is 23.2 Å². The van der Waals surface area contributed by atoms with Crippen molar-refractivity contribution in [3.63, 3.8) is 0 Å². The average Bonchev–Trinajstić information content (AvgIpc) is 2.75. The number of aryl methyl sites for hydroxylation is 1. The van der Waals surface area contributed by atoms with Crippen LogP contribution in [0.3, 0.4) is 0 Å². The smallest absolute Gasteiger partial charge is 0.0693 e. The van der Waals surface area contributed by atoms with Gasteiger partial charge in [-0.2, -0.15) is 5.10 Å². The van der Waals surface area contributed by atoms with Crippen molar-refractivity contribution >= 4 is 0 Å². The fourth-order valence-corrected chi connectivity index (χ4v) is 1.77. The first-order valence-corrected chi connectivity index (χ1v) is 5.58. The molecule has 2 aromatic rings. The maximum atomic E-state index is 6.10. The van der Waals surface area contributed by atoms with Crippen LogP contribution in [0, 0.1) is 6.92 Å². The molecule has 3 nitrogen and oxygen atoms in total. The maximum Gasteiger partial charge on any atom is 0.0693 e. The Kier molecular flexibility index (Phi) is 3.06. The lowest BCUT2D eigenvalue weighted by Gasteiger charge is -2.14. The van der Waals surface area contributed by atoms with Crippen LogP contribution in [0.1, 0.15) is 30.5 Å². The Balaban J connectivity index is 2.48. The second kappa shape index (κ2) is 4.49. The summed E-state index contributed by atoms with van der Waals surface area (Å²) in [6.07, 6.45) is 4.80. The van der Waals surface area contributed by atoms with E-state index in [2.05, 4.69) is 24.2 Å². The normalized spacial score (nSPS) is 12.7. The van der Waals surface area contributed by atoms with Gasteiger partial charge in [-0.3, -0.25) is 0 Å². The van der Waals surface area contributed by atoms with E-state index in [4.69, 9.17) is 5.73 Å². The molecule has 16 heavy (non-hydrogen) atoms. The van der Waals surface area contributed by atoms with Gasteiger partial charge in [-0.15, -0.1) is 0 Å². The van der Waals surface area contributed by atoms with E-state index < -0.39 is 0 Å². The van der Waals surface area contributed by atoms with Crippen LogP contribution in [-0.4, -0.2) is 9.78 Å². The van der Waals surface area contributed by atoms with Crippen LogP contribution < -0.4 is 5.73 Å². The van der Waals surface area contributed by atoms with Gasteiger partial charge in [0.25, 0.3) is 0 Å². The number of aromatic nitrogens is 2. The standard InChI is InChI=1S/C13H17N3/c1-3-12(14)11-6-4-5-7-13(11)16-9-10(2)8-15-16/h4-9,12H,3,14H2,1-2H3/t12-/m0/s1. The highest BCUT2D eigenvalue weighted by atomic mass is 15.3. The van der Waals surface area contributed by atoms with Gasteiger partial charge in [0.2, 0.25) is 0 Å². The lowest BCUT2D eigenvalue weighted by atomic mass is 10.0. The van der Waals surface area contributed by atoms with E-state index in [1.807, 2.05) is 36.1 Å². The number of para-hydroxylation sites is 1. The van der Waals surface area contributed by atoms with Crippen LogP contribution in [0.5, 0.6) is 0 Å². The summed E-state index contributed by atoms with van der Waals surface area (Å²) in [5.74, 6) is 0. The Morgan fingerprint density at radius 2 is 2.12 bits per heavy atom. The summed E-state index contributed by atoms with van der Waals surface area (Å²) < 4.78 is 1.89. The number of nitrogens with two attached hydrogens (primary N) is 1. The number of hydrogen-bond donors (Lipinski definition) is 1. The highest BCUT2D eigenvalue weighted by Gasteiger charge is 2.10. The van der Waals surface area contributed by atoms with E-state index in [1.54, 1.807) is 0 Å². The maximum absolute atomic E-state index is 6.10. The van der Waals surface area contributed by atoms with Crippen molar-refractivity contribution in [1.29, 1.82) is 0 Å². The molecule has 0 radical (unpaired) electrons. The number of nitrogens with zero attached hydrogens (tertiary/aromatic N) is 2. The molecule has 0 aliphatic rings. The number of rotatable bonds is 3. The van der Waals surface area contributed by atoms with E-state index in [0.29, 0.717) is 0 Å². The van der Waals surface area contributed by atoms with Gasteiger partial charge in [0.15, 0.2) is 0 Å². The molecule has 0 amide bonds. The van der Waals surface area contributed by atoms with Crippen molar-refractivity contribution < 1.29 is 0 Å². The summed E-state index contributed by atoms with van der Waals surface area (Å²) in [5, 5.41) is 4.32. The topological polar surface area (TPSA) is 43.8 Å². The molecule has 3 heteroatoms. The summed E-state index contributed by atoms with van der Waals surface area (Å²) in [5.41, 5.74) is 9.47. The van der Waals surface area contributed by atoms with Crippen molar-refractivity contribution in [2.45, 2.75) is 26.3 Å². The minimum atomic E-state index is 0.0701. The molecule has 1 atom stereocenters. The Morgan fingerprint density at radius 3 is 2.75 bits per heavy atom. The highest BCUT2D eigenvalue weighted by molar-refractivity contribution is 5.42. The second-order valence-electron chi connectivity index (χ2n) is 4.04. The van der Waals surface area contributed by atoms with Crippen molar-refractivity contribution in [1.82, 2.24) is 9.78 Å². The zero-order chi connectivity index (χ0) is 11.5. The van der Waals surface area contributed by atoms with Crippen LogP contribution >= 0.6 is 0 Å². The van der Waals surface area contributed by atoms with Crippen molar-refractivity contribution in [2.75, 3.05) is 0 Å². The predicted molar refractivity (Wildman–Crippen MR) is 65.5 cm³/mol. The summed E-state index contributed by atoms with van der Waals surface area (Å²) in [6, 6.07) is 8.22. The predicted octanol–water partition coefficient (Wildman–Crippen LogP) is 2.59. The van der Waals surface area contributed by atoms with Crippen molar-refractivity contribution in [3.05, 3.63) is 47.8 Å². The molecule has 0 aliphatic heterocycles. The lowest BCUT2D eigenvalue weighted by Crippen LogP contribution is -2.12. The molecule has 0 saturated heterocycles. The molecule has 0 fully saturated rings. The molecule has 2 rings (SSSR count). The van der Waals surface area contributed by atoms with Crippen LogP contribution in [-0.2, 0) is 0 Å². The SMILES string of the molecule is CC[C@H](N)c1ccccc1-n1cc(C)cn1. The second-order valence-corrected chi connectivity index (χ2v) is 4.04. The molecule has 1 aromatic carbocycles.